The first-order valence-corrected chi connectivity index (χ1v) is 5.91. The van der Waals surface area contributed by atoms with Gasteiger partial charge in [0.15, 0.2) is 0 Å². The molecular formula is C14H19NO2. The summed E-state index contributed by atoms with van der Waals surface area (Å²) in [5.74, 6) is 0.170. The summed E-state index contributed by atoms with van der Waals surface area (Å²) in [7, 11) is 0. The second-order valence-electron chi connectivity index (χ2n) is 3.94. The molecule has 1 aromatic carbocycles. The highest BCUT2D eigenvalue weighted by molar-refractivity contribution is 5.80. The molecule has 92 valence electrons. The van der Waals surface area contributed by atoms with E-state index in [9.17, 15) is 4.79 Å². The lowest BCUT2D eigenvalue weighted by molar-refractivity contribution is 0.544. The van der Waals surface area contributed by atoms with Gasteiger partial charge in [-0.05, 0) is 24.1 Å². The molecule has 3 nitrogen and oxygen atoms in total. The smallest absolute Gasteiger partial charge is 0.339 e. The highest BCUT2D eigenvalue weighted by Crippen LogP contribution is 2.19. The van der Waals surface area contributed by atoms with Crippen molar-refractivity contribution >= 4 is 16.7 Å². The molecular weight excluding hydrogens is 214 g/mol. The molecule has 0 aliphatic carbocycles. The summed E-state index contributed by atoms with van der Waals surface area (Å²) < 4.78 is 5.20. The monoisotopic (exact) mass is 233 g/mol. The molecule has 0 spiro atoms. The van der Waals surface area contributed by atoms with Gasteiger partial charge in [0, 0.05) is 22.7 Å². The molecule has 0 saturated heterocycles. The molecule has 2 aromatic rings. The summed E-state index contributed by atoms with van der Waals surface area (Å²) in [6.07, 6.45) is 0. The molecule has 1 heterocycles. The van der Waals surface area contributed by atoms with E-state index < -0.39 is 0 Å². The summed E-state index contributed by atoms with van der Waals surface area (Å²) >= 11 is 0. The molecule has 17 heavy (non-hydrogen) atoms. The first kappa shape index (κ1) is 13.3. The average molecular weight is 233 g/mol. The van der Waals surface area contributed by atoms with Gasteiger partial charge in [-0.2, -0.15) is 0 Å². The third-order valence-corrected chi connectivity index (χ3v) is 2.41. The predicted octanol–water partition coefficient (Wildman–Crippen LogP) is 3.52. The van der Waals surface area contributed by atoms with Gasteiger partial charge in [-0.3, -0.25) is 0 Å². The molecule has 0 aliphatic heterocycles. The van der Waals surface area contributed by atoms with Gasteiger partial charge in [0.25, 0.3) is 0 Å². The molecule has 0 amide bonds. The van der Waals surface area contributed by atoms with Crippen LogP contribution in [-0.4, -0.2) is 0 Å². The van der Waals surface area contributed by atoms with E-state index in [0.717, 1.165) is 5.39 Å². The average Bonchev–Trinajstić information content (AvgIpc) is 2.30. The van der Waals surface area contributed by atoms with Crippen molar-refractivity contribution in [2.24, 2.45) is 0 Å². The number of fused-ring (bicyclic) bond motifs is 1. The maximum Gasteiger partial charge on any atom is 0.339 e. The molecule has 0 saturated carbocycles. The van der Waals surface area contributed by atoms with Crippen LogP contribution in [0.3, 0.4) is 0 Å². The first-order chi connectivity index (χ1) is 8.08. The summed E-state index contributed by atoms with van der Waals surface area (Å²) in [6.45, 7) is 7.94. The van der Waals surface area contributed by atoms with E-state index in [1.54, 1.807) is 12.1 Å². The Hall–Kier alpha value is -1.77. The Kier molecular flexibility index (Phi) is 4.32. The van der Waals surface area contributed by atoms with Crippen LogP contribution in [0.1, 0.15) is 39.2 Å². The van der Waals surface area contributed by atoms with Crippen molar-refractivity contribution in [3.05, 3.63) is 40.2 Å². The number of hydrogen-bond acceptors (Lipinski definition) is 3. The van der Waals surface area contributed by atoms with Crippen molar-refractivity contribution in [2.75, 3.05) is 5.73 Å². The van der Waals surface area contributed by atoms with E-state index >= 15 is 0 Å². The quantitative estimate of drug-likeness (QED) is 0.605. The fourth-order valence-corrected chi connectivity index (χ4v) is 1.55. The first-order valence-electron chi connectivity index (χ1n) is 5.91. The van der Waals surface area contributed by atoms with Gasteiger partial charge < -0.3 is 10.2 Å². The van der Waals surface area contributed by atoms with Crippen LogP contribution in [0.4, 0.5) is 5.69 Å². The van der Waals surface area contributed by atoms with Crippen LogP contribution in [0.2, 0.25) is 0 Å². The summed E-state index contributed by atoms with van der Waals surface area (Å²) in [5, 5.41) is 0.910. The number of anilines is 1. The Morgan fingerprint density at radius 2 is 1.82 bits per heavy atom. The fraction of sp³-hybridized carbons (Fsp3) is 0.357. The van der Waals surface area contributed by atoms with Crippen LogP contribution in [0.5, 0.6) is 0 Å². The van der Waals surface area contributed by atoms with Crippen LogP contribution in [0, 0.1) is 0 Å². The molecule has 0 atom stereocenters. The van der Waals surface area contributed by atoms with Gasteiger partial charge in [0.1, 0.15) is 5.58 Å². The summed E-state index contributed by atoms with van der Waals surface area (Å²) in [6, 6.07) is 7.19. The zero-order valence-electron chi connectivity index (χ0n) is 10.8. The fourth-order valence-electron chi connectivity index (χ4n) is 1.55. The van der Waals surface area contributed by atoms with E-state index in [4.69, 9.17) is 10.2 Å². The van der Waals surface area contributed by atoms with Crippen LogP contribution < -0.4 is 11.4 Å². The van der Waals surface area contributed by atoms with E-state index in [1.165, 1.54) is 0 Å². The maximum absolute atomic E-state index is 11.6. The minimum atomic E-state index is -0.275. The molecule has 1 aromatic heterocycles. The van der Waals surface area contributed by atoms with Crippen molar-refractivity contribution in [3.63, 3.8) is 0 Å². The van der Waals surface area contributed by atoms with Crippen LogP contribution in [-0.2, 0) is 0 Å². The minimum absolute atomic E-state index is 0.170. The SMILES string of the molecule is CC.CC(C)c1cc2ccc(N)cc2oc1=O. The van der Waals surface area contributed by atoms with E-state index in [0.29, 0.717) is 16.8 Å². The van der Waals surface area contributed by atoms with Crippen LogP contribution >= 0.6 is 0 Å². The molecule has 0 unspecified atom stereocenters. The molecule has 3 heteroatoms. The van der Waals surface area contributed by atoms with E-state index in [2.05, 4.69) is 0 Å². The molecule has 0 bridgehead atoms. The largest absolute Gasteiger partial charge is 0.422 e. The Balaban J connectivity index is 0.000000686. The van der Waals surface area contributed by atoms with Gasteiger partial charge in [0.2, 0.25) is 0 Å². The Morgan fingerprint density at radius 3 is 2.41 bits per heavy atom. The second-order valence-corrected chi connectivity index (χ2v) is 3.94. The second kappa shape index (κ2) is 5.53. The minimum Gasteiger partial charge on any atom is -0.422 e. The van der Waals surface area contributed by atoms with Gasteiger partial charge in [-0.25, -0.2) is 4.79 Å². The highest BCUT2D eigenvalue weighted by atomic mass is 16.4. The summed E-state index contributed by atoms with van der Waals surface area (Å²) in [5.41, 5.74) is 7.18. The Bertz CT molecular complexity index is 556. The van der Waals surface area contributed by atoms with Gasteiger partial charge in [0.05, 0.1) is 0 Å². The van der Waals surface area contributed by atoms with E-state index in [1.807, 2.05) is 39.8 Å². The standard InChI is InChI=1S/C12H13NO2.C2H6/c1-7(2)10-5-8-3-4-9(13)6-11(8)15-12(10)14;1-2/h3-7H,13H2,1-2H3;1-2H3. The Morgan fingerprint density at radius 1 is 1.18 bits per heavy atom. The predicted molar refractivity (Wildman–Crippen MR) is 72.3 cm³/mol. The van der Waals surface area contributed by atoms with E-state index in [-0.39, 0.29) is 11.5 Å². The number of rotatable bonds is 1. The van der Waals surface area contributed by atoms with Crippen molar-refractivity contribution in [3.8, 4) is 0 Å². The lowest BCUT2D eigenvalue weighted by atomic mass is 10.0. The number of hydrogen-bond donors (Lipinski definition) is 1. The Labute approximate surface area is 101 Å². The van der Waals surface area contributed by atoms with Crippen LogP contribution in [0.15, 0.2) is 33.5 Å². The highest BCUT2D eigenvalue weighted by Gasteiger charge is 2.08. The molecule has 2 N–H and O–H groups in total. The van der Waals surface area contributed by atoms with Crippen LogP contribution in [0.25, 0.3) is 11.0 Å². The zero-order valence-corrected chi connectivity index (χ0v) is 10.8. The van der Waals surface area contributed by atoms with Gasteiger partial charge >= 0.3 is 5.63 Å². The van der Waals surface area contributed by atoms with Crippen molar-refractivity contribution in [1.82, 2.24) is 0 Å². The van der Waals surface area contributed by atoms with Crippen molar-refractivity contribution in [1.29, 1.82) is 0 Å². The molecule has 2 rings (SSSR count). The number of benzene rings is 1. The molecule has 0 aliphatic rings. The molecule has 0 fully saturated rings. The molecule has 0 radical (unpaired) electrons. The van der Waals surface area contributed by atoms with Crippen molar-refractivity contribution in [2.45, 2.75) is 33.6 Å². The number of nitrogen functional groups attached to an aromatic ring is 1. The normalized spacial score (nSPS) is 10.2. The topological polar surface area (TPSA) is 56.2 Å². The summed E-state index contributed by atoms with van der Waals surface area (Å²) in [4.78, 5) is 11.6. The number of nitrogens with two attached hydrogens (primary N) is 1. The van der Waals surface area contributed by atoms with Crippen molar-refractivity contribution < 1.29 is 4.42 Å². The third-order valence-electron chi connectivity index (χ3n) is 2.41. The lowest BCUT2D eigenvalue weighted by Crippen LogP contribution is -2.08. The lowest BCUT2D eigenvalue weighted by Gasteiger charge is -2.04. The van der Waals surface area contributed by atoms with Gasteiger partial charge in [-0.1, -0.05) is 27.7 Å². The van der Waals surface area contributed by atoms with Gasteiger partial charge in [-0.15, -0.1) is 0 Å². The maximum atomic E-state index is 11.6. The third kappa shape index (κ3) is 2.87. The zero-order chi connectivity index (χ0) is 13.0.